The maximum atomic E-state index is 12.9. The zero-order valence-corrected chi connectivity index (χ0v) is 39.8. The van der Waals surface area contributed by atoms with Crippen LogP contribution >= 0.6 is 0 Å². The van der Waals surface area contributed by atoms with Crippen LogP contribution in [0.4, 0.5) is 9.59 Å². The molecule has 10 nitrogen and oxygen atoms in total. The lowest BCUT2D eigenvalue weighted by Gasteiger charge is -2.39. The normalized spacial score (nSPS) is 12.3. The Balaban J connectivity index is 1.26. The minimum Gasteiger partial charge on any atom is -0.437 e. The number of aryl methyl sites for hydroxylation is 4. The summed E-state index contributed by atoms with van der Waals surface area (Å²) in [6.45, 7) is 21.1. The highest BCUT2D eigenvalue weighted by Crippen LogP contribution is 2.35. The second-order valence-corrected chi connectivity index (χ2v) is 30.0. The molecule has 0 fully saturated rings. The lowest BCUT2D eigenvalue weighted by molar-refractivity contribution is 0.120. The number of methoxy groups -OCH3 is 1. The molecule has 4 aromatic rings. The fourth-order valence-electron chi connectivity index (χ4n) is 7.60. The Hall–Kier alpha value is -4.09. The Morgan fingerprint density at radius 2 is 1.08 bits per heavy atom. The van der Waals surface area contributed by atoms with Gasteiger partial charge in [-0.1, -0.05) is 67.9 Å². The highest BCUT2D eigenvalue weighted by atomic mass is 28.5. The lowest BCUT2D eigenvalue weighted by atomic mass is 9.77. The standard InChI is InChI=1S/C46H64O10Si3/c1-33-15-12-18-39(27-33)46(3,4)40-21-24-41(34(2)28-40)52-45(50)54-43-23-20-36(30-38(43)32-48)17-14-26-58(8,9)56-59(10,11)55-57(6,7)25-13-16-35-19-22-42(37(29-35)31-47)53-44(49)51-5/h12,15,18-24,27-30,47-48H,13-14,16-17,25-26,31-32H2,1-11H3. The summed E-state index contributed by atoms with van der Waals surface area (Å²) in [5.74, 6) is 0.981. The topological polar surface area (TPSA) is 130 Å². The highest BCUT2D eigenvalue weighted by molar-refractivity contribution is 6.87. The number of rotatable bonds is 19. The van der Waals surface area contributed by atoms with Crippen molar-refractivity contribution in [3.05, 3.63) is 123 Å². The van der Waals surface area contributed by atoms with Crippen molar-refractivity contribution in [2.45, 2.75) is 123 Å². The SMILES string of the molecule is COC(=O)Oc1ccc(CCC[Si](C)(C)O[Si](C)(C)O[Si](C)(C)CCCc2ccc(OC(=O)Oc3ccc(C(C)(C)c4cccc(C)c4)cc3C)c(CO)c2)cc1CO. The Morgan fingerprint density at radius 1 is 0.610 bits per heavy atom. The van der Waals surface area contributed by atoms with E-state index in [1.807, 2.05) is 43.3 Å². The van der Waals surface area contributed by atoms with Gasteiger partial charge in [-0.3, -0.25) is 0 Å². The van der Waals surface area contributed by atoms with E-state index in [0.717, 1.165) is 60.0 Å². The van der Waals surface area contributed by atoms with E-state index >= 15 is 0 Å². The molecule has 0 aliphatic rings. The van der Waals surface area contributed by atoms with Crippen molar-refractivity contribution in [2.24, 2.45) is 0 Å². The van der Waals surface area contributed by atoms with Crippen LogP contribution in [-0.2, 0) is 44.4 Å². The number of carbonyl (C=O) groups excluding carboxylic acids is 2. The molecule has 0 amide bonds. The molecule has 0 aromatic heterocycles. The monoisotopic (exact) mass is 860 g/mol. The molecule has 0 saturated heterocycles. The molecule has 4 rings (SSSR count). The van der Waals surface area contributed by atoms with Crippen LogP contribution in [0.15, 0.2) is 78.9 Å². The smallest absolute Gasteiger partial charge is 0.437 e. The van der Waals surface area contributed by atoms with Gasteiger partial charge in [-0.2, -0.15) is 0 Å². The predicted molar refractivity (Wildman–Crippen MR) is 240 cm³/mol. The number of hydrogen-bond donors (Lipinski definition) is 2. The van der Waals surface area contributed by atoms with Crippen LogP contribution < -0.4 is 14.2 Å². The minimum atomic E-state index is -2.44. The van der Waals surface area contributed by atoms with Crippen molar-refractivity contribution in [3.8, 4) is 17.2 Å². The van der Waals surface area contributed by atoms with E-state index in [2.05, 4.69) is 89.1 Å². The largest absolute Gasteiger partial charge is 0.519 e. The summed E-state index contributed by atoms with van der Waals surface area (Å²) < 4.78 is 34.6. The van der Waals surface area contributed by atoms with Crippen molar-refractivity contribution in [1.29, 1.82) is 0 Å². The van der Waals surface area contributed by atoms with E-state index in [1.54, 1.807) is 18.2 Å². The molecule has 59 heavy (non-hydrogen) atoms. The van der Waals surface area contributed by atoms with E-state index in [-0.39, 0.29) is 24.4 Å². The number of carbonyl (C=O) groups is 2. The van der Waals surface area contributed by atoms with E-state index in [4.69, 9.17) is 22.4 Å². The maximum absolute atomic E-state index is 12.9. The number of hydrogen-bond acceptors (Lipinski definition) is 10. The predicted octanol–water partition coefficient (Wildman–Crippen LogP) is 11.0. The van der Waals surface area contributed by atoms with Crippen molar-refractivity contribution in [3.63, 3.8) is 0 Å². The average Bonchev–Trinajstić information content (AvgIpc) is 3.15. The van der Waals surface area contributed by atoms with Crippen LogP contribution in [0.3, 0.4) is 0 Å². The quantitative estimate of drug-likeness (QED) is 0.0534. The number of aliphatic hydroxyl groups is 2. The van der Waals surface area contributed by atoms with Crippen LogP contribution in [0.25, 0.3) is 0 Å². The van der Waals surface area contributed by atoms with Gasteiger partial charge in [0.15, 0.2) is 16.6 Å². The lowest BCUT2D eigenvalue weighted by Crippen LogP contribution is -2.52. The molecule has 0 aliphatic heterocycles. The molecule has 0 radical (unpaired) electrons. The van der Waals surface area contributed by atoms with Crippen molar-refractivity contribution in [2.75, 3.05) is 7.11 Å². The fourth-order valence-corrected chi connectivity index (χ4v) is 21.7. The summed E-state index contributed by atoms with van der Waals surface area (Å²) in [5, 5.41) is 20.0. The van der Waals surface area contributed by atoms with Crippen LogP contribution in [0.1, 0.15) is 71.2 Å². The average molecular weight is 861 g/mol. The maximum Gasteiger partial charge on any atom is 0.519 e. The molecule has 4 aromatic carbocycles. The summed E-state index contributed by atoms with van der Waals surface area (Å²) in [6, 6.07) is 27.2. The first-order chi connectivity index (χ1) is 27.7. The Labute approximate surface area is 354 Å². The van der Waals surface area contributed by atoms with Gasteiger partial charge in [-0.15, -0.1) is 0 Å². The molecule has 0 aliphatic carbocycles. The molecular weight excluding hydrogens is 797 g/mol. The molecule has 0 heterocycles. The minimum absolute atomic E-state index is 0.234. The molecular formula is C46H64O10Si3. The van der Waals surface area contributed by atoms with Gasteiger partial charge < -0.3 is 37.4 Å². The second-order valence-electron chi connectivity index (χ2n) is 17.5. The summed E-state index contributed by atoms with van der Waals surface area (Å²) in [5.41, 5.74) is 7.27. The van der Waals surface area contributed by atoms with Gasteiger partial charge >= 0.3 is 20.9 Å². The molecule has 0 spiro atoms. The van der Waals surface area contributed by atoms with Gasteiger partial charge in [0.25, 0.3) is 0 Å². The van der Waals surface area contributed by atoms with Gasteiger partial charge in [0.1, 0.15) is 17.2 Å². The van der Waals surface area contributed by atoms with Gasteiger partial charge in [0.05, 0.1) is 20.3 Å². The second kappa shape index (κ2) is 20.4. The molecule has 0 atom stereocenters. The van der Waals surface area contributed by atoms with Crippen LogP contribution in [0.2, 0.25) is 51.4 Å². The van der Waals surface area contributed by atoms with E-state index in [1.165, 1.54) is 18.2 Å². The third kappa shape index (κ3) is 14.3. The molecule has 2 N–H and O–H groups in total. The van der Waals surface area contributed by atoms with Crippen LogP contribution in [-0.4, -0.2) is 54.8 Å². The summed E-state index contributed by atoms with van der Waals surface area (Å²) in [4.78, 5) is 24.4. The van der Waals surface area contributed by atoms with E-state index in [9.17, 15) is 19.8 Å². The van der Waals surface area contributed by atoms with E-state index in [0.29, 0.717) is 22.6 Å². The zero-order valence-electron chi connectivity index (χ0n) is 36.8. The highest BCUT2D eigenvalue weighted by Gasteiger charge is 2.39. The fraction of sp³-hybridized carbons (Fsp3) is 0.435. The number of ether oxygens (including phenoxy) is 4. The van der Waals surface area contributed by atoms with Gasteiger partial charge in [0, 0.05) is 16.5 Å². The van der Waals surface area contributed by atoms with Crippen LogP contribution in [0, 0.1) is 13.8 Å². The molecule has 0 unspecified atom stereocenters. The van der Waals surface area contributed by atoms with Gasteiger partial charge in [0.2, 0.25) is 0 Å². The zero-order chi connectivity index (χ0) is 43.6. The first kappa shape index (κ1) is 47.6. The third-order valence-electron chi connectivity index (χ3n) is 10.5. The number of aliphatic hydroxyl groups excluding tert-OH is 2. The summed E-state index contributed by atoms with van der Waals surface area (Å²) in [6.07, 6.45) is 1.76. The van der Waals surface area contributed by atoms with E-state index < -0.39 is 37.5 Å². The Kier molecular flexibility index (Phi) is 16.5. The molecule has 13 heteroatoms. The third-order valence-corrected chi connectivity index (χ3v) is 22.0. The van der Waals surface area contributed by atoms with Gasteiger partial charge in [-0.25, -0.2) is 9.59 Å². The Morgan fingerprint density at radius 3 is 1.56 bits per heavy atom. The first-order valence-corrected chi connectivity index (χ1v) is 29.4. The molecule has 320 valence electrons. The Bertz CT molecular complexity index is 2060. The van der Waals surface area contributed by atoms with Crippen molar-refractivity contribution in [1.82, 2.24) is 0 Å². The van der Waals surface area contributed by atoms with Crippen molar-refractivity contribution >= 4 is 37.5 Å². The summed E-state index contributed by atoms with van der Waals surface area (Å²) in [7, 11) is -5.33. The molecule has 0 bridgehead atoms. The number of benzene rings is 4. The van der Waals surface area contributed by atoms with Gasteiger partial charge in [-0.05, 0) is 149 Å². The summed E-state index contributed by atoms with van der Waals surface area (Å²) >= 11 is 0. The molecule has 0 saturated carbocycles. The van der Waals surface area contributed by atoms with Crippen LogP contribution in [0.5, 0.6) is 17.2 Å². The first-order valence-electron chi connectivity index (χ1n) is 20.4. The van der Waals surface area contributed by atoms with Crippen molar-refractivity contribution < 1.29 is 47.0 Å².